The standard InChI is InChI=1S/C15H12O3S/c1-2-18-14-6-5-12(13(9-16)15(14)17)4-3-11-7-8-19-10-11/h5-10,17H,2H2,1H3. The van der Waals surface area contributed by atoms with Gasteiger partial charge in [0.1, 0.15) is 0 Å². The fraction of sp³-hybridized carbons (Fsp3) is 0.133. The molecule has 0 spiro atoms. The van der Waals surface area contributed by atoms with Crippen LogP contribution in [0.4, 0.5) is 0 Å². The molecule has 0 aliphatic heterocycles. The van der Waals surface area contributed by atoms with Gasteiger partial charge in [0.25, 0.3) is 0 Å². The molecule has 19 heavy (non-hydrogen) atoms. The molecule has 1 aromatic heterocycles. The lowest BCUT2D eigenvalue weighted by molar-refractivity contribution is 0.112. The number of aldehydes is 1. The Morgan fingerprint density at radius 2 is 2.21 bits per heavy atom. The molecule has 0 unspecified atom stereocenters. The van der Waals surface area contributed by atoms with Gasteiger partial charge in [0.15, 0.2) is 17.8 Å². The van der Waals surface area contributed by atoms with Crippen molar-refractivity contribution in [2.45, 2.75) is 6.92 Å². The van der Waals surface area contributed by atoms with Crippen molar-refractivity contribution in [1.29, 1.82) is 0 Å². The first-order valence-electron chi connectivity index (χ1n) is 5.74. The normalized spacial score (nSPS) is 9.53. The number of aromatic hydroxyl groups is 1. The Kier molecular flexibility index (Phi) is 4.22. The van der Waals surface area contributed by atoms with Crippen LogP contribution >= 0.6 is 11.3 Å². The molecule has 1 aromatic carbocycles. The van der Waals surface area contributed by atoms with Gasteiger partial charge in [-0.1, -0.05) is 11.8 Å². The molecule has 0 atom stereocenters. The van der Waals surface area contributed by atoms with E-state index < -0.39 is 0 Å². The van der Waals surface area contributed by atoms with Crippen molar-refractivity contribution < 1.29 is 14.6 Å². The van der Waals surface area contributed by atoms with E-state index in [4.69, 9.17) is 4.74 Å². The summed E-state index contributed by atoms with van der Waals surface area (Å²) in [6.07, 6.45) is 0.593. The van der Waals surface area contributed by atoms with Crippen molar-refractivity contribution in [3.63, 3.8) is 0 Å². The molecule has 96 valence electrons. The zero-order valence-corrected chi connectivity index (χ0v) is 11.2. The molecule has 0 aliphatic rings. The van der Waals surface area contributed by atoms with Gasteiger partial charge in [-0.15, -0.1) is 0 Å². The van der Waals surface area contributed by atoms with Gasteiger partial charge in [0.05, 0.1) is 12.2 Å². The quantitative estimate of drug-likeness (QED) is 0.690. The minimum atomic E-state index is -0.158. The van der Waals surface area contributed by atoms with Crippen LogP contribution in [0.5, 0.6) is 11.5 Å². The van der Waals surface area contributed by atoms with Crippen LogP contribution in [-0.2, 0) is 0 Å². The van der Waals surface area contributed by atoms with Crippen LogP contribution < -0.4 is 4.74 Å². The predicted molar refractivity (Wildman–Crippen MR) is 75.0 cm³/mol. The van der Waals surface area contributed by atoms with Crippen molar-refractivity contribution in [2.24, 2.45) is 0 Å². The molecule has 0 radical (unpaired) electrons. The minimum absolute atomic E-state index is 0.158. The van der Waals surface area contributed by atoms with E-state index in [-0.39, 0.29) is 11.3 Å². The summed E-state index contributed by atoms with van der Waals surface area (Å²) in [4.78, 5) is 11.1. The SMILES string of the molecule is CCOc1ccc(C#Cc2ccsc2)c(C=O)c1O. The number of phenolic OH excluding ortho intramolecular Hbond substituents is 1. The molecule has 2 aromatic rings. The third-order valence-electron chi connectivity index (χ3n) is 2.46. The van der Waals surface area contributed by atoms with Gasteiger partial charge in [0.2, 0.25) is 0 Å². The van der Waals surface area contributed by atoms with E-state index in [9.17, 15) is 9.90 Å². The van der Waals surface area contributed by atoms with E-state index in [0.29, 0.717) is 24.2 Å². The Bertz CT molecular complexity index is 633. The summed E-state index contributed by atoms with van der Waals surface area (Å²) in [5.74, 6) is 5.97. The number of thiophene rings is 1. The number of carbonyl (C=O) groups is 1. The highest BCUT2D eigenvalue weighted by Crippen LogP contribution is 2.31. The lowest BCUT2D eigenvalue weighted by Crippen LogP contribution is -1.96. The minimum Gasteiger partial charge on any atom is -0.504 e. The van der Waals surface area contributed by atoms with Gasteiger partial charge in [0, 0.05) is 16.5 Å². The maximum absolute atomic E-state index is 11.1. The van der Waals surface area contributed by atoms with Crippen LogP contribution in [-0.4, -0.2) is 18.0 Å². The second kappa shape index (κ2) is 6.07. The molecule has 0 aliphatic carbocycles. The zero-order chi connectivity index (χ0) is 13.7. The summed E-state index contributed by atoms with van der Waals surface area (Å²) >= 11 is 1.56. The molecular weight excluding hydrogens is 260 g/mol. The number of carbonyl (C=O) groups excluding carboxylic acids is 1. The number of hydrogen-bond donors (Lipinski definition) is 1. The van der Waals surface area contributed by atoms with Crippen LogP contribution in [0, 0.1) is 11.8 Å². The zero-order valence-electron chi connectivity index (χ0n) is 10.3. The molecule has 1 heterocycles. The summed E-state index contributed by atoms with van der Waals surface area (Å²) in [5.41, 5.74) is 1.53. The fourth-order valence-electron chi connectivity index (χ4n) is 1.56. The molecule has 4 heteroatoms. The van der Waals surface area contributed by atoms with Gasteiger partial charge in [-0.25, -0.2) is 0 Å². The van der Waals surface area contributed by atoms with Crippen molar-refractivity contribution >= 4 is 17.6 Å². The Labute approximate surface area is 115 Å². The first-order chi connectivity index (χ1) is 9.26. The van der Waals surface area contributed by atoms with E-state index in [1.165, 1.54) is 0 Å². The van der Waals surface area contributed by atoms with Crippen molar-refractivity contribution in [3.05, 3.63) is 45.6 Å². The summed E-state index contributed by atoms with van der Waals surface area (Å²) in [6.45, 7) is 2.23. The lowest BCUT2D eigenvalue weighted by atomic mass is 10.1. The predicted octanol–water partition coefficient (Wildman–Crippen LogP) is 3.06. The second-order valence-corrected chi connectivity index (χ2v) is 4.47. The molecule has 0 amide bonds. The topological polar surface area (TPSA) is 46.5 Å². The first-order valence-corrected chi connectivity index (χ1v) is 6.68. The first kappa shape index (κ1) is 13.2. The third kappa shape index (κ3) is 2.95. The molecule has 3 nitrogen and oxygen atoms in total. The number of ether oxygens (including phenoxy) is 1. The number of rotatable bonds is 3. The molecule has 0 bridgehead atoms. The average molecular weight is 272 g/mol. The van der Waals surface area contributed by atoms with Crippen LogP contribution in [0.1, 0.15) is 28.4 Å². The Morgan fingerprint density at radius 3 is 2.84 bits per heavy atom. The van der Waals surface area contributed by atoms with E-state index in [1.807, 2.05) is 23.8 Å². The van der Waals surface area contributed by atoms with Crippen molar-refractivity contribution in [1.82, 2.24) is 0 Å². The van der Waals surface area contributed by atoms with Crippen molar-refractivity contribution in [2.75, 3.05) is 6.61 Å². The third-order valence-corrected chi connectivity index (χ3v) is 3.14. The Balaban J connectivity index is 2.41. The van der Waals surface area contributed by atoms with E-state index >= 15 is 0 Å². The second-order valence-electron chi connectivity index (χ2n) is 3.69. The van der Waals surface area contributed by atoms with Gasteiger partial charge < -0.3 is 9.84 Å². The molecule has 2 rings (SSSR count). The highest BCUT2D eigenvalue weighted by atomic mass is 32.1. The number of phenols is 1. The summed E-state index contributed by atoms with van der Waals surface area (Å²) < 4.78 is 5.23. The largest absolute Gasteiger partial charge is 0.504 e. The van der Waals surface area contributed by atoms with Gasteiger partial charge in [-0.3, -0.25) is 4.79 Å². The molecule has 0 saturated heterocycles. The molecular formula is C15H12O3S. The Morgan fingerprint density at radius 1 is 1.37 bits per heavy atom. The van der Waals surface area contributed by atoms with Crippen LogP contribution in [0.15, 0.2) is 29.0 Å². The van der Waals surface area contributed by atoms with Gasteiger partial charge >= 0.3 is 0 Å². The van der Waals surface area contributed by atoms with E-state index in [0.717, 1.165) is 5.56 Å². The number of hydrogen-bond acceptors (Lipinski definition) is 4. The van der Waals surface area contributed by atoms with Gasteiger partial charge in [-0.05, 0) is 30.5 Å². The average Bonchev–Trinajstić information content (AvgIpc) is 2.92. The molecule has 0 saturated carbocycles. The number of benzene rings is 1. The highest BCUT2D eigenvalue weighted by molar-refractivity contribution is 7.08. The maximum Gasteiger partial charge on any atom is 0.169 e. The van der Waals surface area contributed by atoms with Crippen LogP contribution in [0.25, 0.3) is 0 Å². The monoisotopic (exact) mass is 272 g/mol. The molecule has 0 fully saturated rings. The summed E-state index contributed by atoms with van der Waals surface area (Å²) in [5, 5.41) is 13.8. The maximum atomic E-state index is 11.1. The van der Waals surface area contributed by atoms with Crippen molar-refractivity contribution in [3.8, 4) is 23.3 Å². The van der Waals surface area contributed by atoms with Crippen LogP contribution in [0.3, 0.4) is 0 Å². The lowest BCUT2D eigenvalue weighted by Gasteiger charge is -2.08. The van der Waals surface area contributed by atoms with E-state index in [2.05, 4.69) is 11.8 Å². The van der Waals surface area contributed by atoms with Crippen LogP contribution in [0.2, 0.25) is 0 Å². The smallest absolute Gasteiger partial charge is 0.169 e. The van der Waals surface area contributed by atoms with E-state index in [1.54, 1.807) is 23.5 Å². The van der Waals surface area contributed by atoms with Gasteiger partial charge in [-0.2, -0.15) is 11.3 Å². The Hall–Kier alpha value is -2.25. The summed E-state index contributed by atoms with van der Waals surface area (Å²) in [7, 11) is 0. The highest BCUT2D eigenvalue weighted by Gasteiger charge is 2.11. The molecule has 1 N–H and O–H groups in total. The summed E-state index contributed by atoms with van der Waals surface area (Å²) in [6, 6.07) is 5.18. The fourth-order valence-corrected chi connectivity index (χ4v) is 2.15.